The van der Waals surface area contributed by atoms with Crippen LogP contribution in [0.2, 0.25) is 0 Å². The highest BCUT2D eigenvalue weighted by Gasteiger charge is 2.32. The van der Waals surface area contributed by atoms with E-state index in [2.05, 4.69) is 20.9 Å². The third-order valence-corrected chi connectivity index (χ3v) is 5.22. The molecule has 1 atom stereocenters. The lowest BCUT2D eigenvalue weighted by Crippen LogP contribution is -2.34. The number of aliphatic hydroxyl groups is 1. The summed E-state index contributed by atoms with van der Waals surface area (Å²) >= 11 is 3.57. The Balaban J connectivity index is 2.17. The zero-order valence-corrected chi connectivity index (χ0v) is 13.8. The summed E-state index contributed by atoms with van der Waals surface area (Å²) in [5, 5.41) is 11.3. The SMILES string of the molecule is CC(C)(O)[C@@H]1CCc2c([nH]c3c(C(N)=O)ccc(Br)c23)C1. The van der Waals surface area contributed by atoms with Gasteiger partial charge in [0, 0.05) is 15.6 Å². The van der Waals surface area contributed by atoms with Crippen molar-refractivity contribution in [1.82, 2.24) is 4.98 Å². The predicted molar refractivity (Wildman–Crippen MR) is 86.3 cm³/mol. The van der Waals surface area contributed by atoms with E-state index in [1.165, 1.54) is 5.56 Å². The lowest BCUT2D eigenvalue weighted by atomic mass is 9.78. The summed E-state index contributed by atoms with van der Waals surface area (Å²) in [6.07, 6.45) is 2.62. The average Bonchev–Trinajstić information content (AvgIpc) is 2.76. The van der Waals surface area contributed by atoms with E-state index in [1.807, 2.05) is 19.9 Å². The van der Waals surface area contributed by atoms with Crippen molar-refractivity contribution in [2.75, 3.05) is 0 Å². The topological polar surface area (TPSA) is 79.1 Å². The van der Waals surface area contributed by atoms with Gasteiger partial charge in [0.2, 0.25) is 0 Å². The zero-order chi connectivity index (χ0) is 15.4. The van der Waals surface area contributed by atoms with Crippen molar-refractivity contribution in [3.8, 4) is 0 Å². The molecule has 0 saturated heterocycles. The summed E-state index contributed by atoms with van der Waals surface area (Å²) in [5.74, 6) is -0.209. The van der Waals surface area contributed by atoms with Gasteiger partial charge in [0.25, 0.3) is 5.91 Å². The number of amides is 1. The second kappa shape index (κ2) is 4.85. The normalized spacial score (nSPS) is 18.8. The second-order valence-electron chi connectivity index (χ2n) is 6.38. The smallest absolute Gasteiger partial charge is 0.250 e. The number of aryl methyl sites for hydroxylation is 1. The Bertz CT molecular complexity index is 728. The average molecular weight is 351 g/mol. The summed E-state index contributed by atoms with van der Waals surface area (Å²) in [6.45, 7) is 3.71. The molecule has 0 fully saturated rings. The molecule has 21 heavy (non-hydrogen) atoms. The van der Waals surface area contributed by atoms with E-state index in [1.54, 1.807) is 6.07 Å². The van der Waals surface area contributed by atoms with E-state index < -0.39 is 11.5 Å². The number of hydrogen-bond acceptors (Lipinski definition) is 2. The van der Waals surface area contributed by atoms with Gasteiger partial charge in [-0.3, -0.25) is 4.79 Å². The third kappa shape index (κ3) is 2.38. The van der Waals surface area contributed by atoms with Gasteiger partial charge in [0.05, 0.1) is 16.7 Å². The van der Waals surface area contributed by atoms with Crippen LogP contribution in [0, 0.1) is 5.92 Å². The van der Waals surface area contributed by atoms with Crippen molar-refractivity contribution in [2.45, 2.75) is 38.7 Å². The molecule has 1 aromatic heterocycles. The molecular weight excluding hydrogens is 332 g/mol. The molecule has 0 saturated carbocycles. The highest BCUT2D eigenvalue weighted by atomic mass is 79.9. The Kier molecular flexibility index (Phi) is 3.37. The maximum absolute atomic E-state index is 11.6. The molecule has 0 radical (unpaired) electrons. The van der Waals surface area contributed by atoms with Gasteiger partial charge in [0.1, 0.15) is 0 Å². The molecule has 4 N–H and O–H groups in total. The van der Waals surface area contributed by atoms with Crippen molar-refractivity contribution in [3.63, 3.8) is 0 Å². The Labute approximate surface area is 131 Å². The molecule has 0 aliphatic heterocycles. The van der Waals surface area contributed by atoms with Gasteiger partial charge in [-0.1, -0.05) is 15.9 Å². The quantitative estimate of drug-likeness (QED) is 0.778. The molecule has 1 heterocycles. The first-order chi connectivity index (χ1) is 9.79. The van der Waals surface area contributed by atoms with Crippen molar-refractivity contribution < 1.29 is 9.90 Å². The molecule has 0 bridgehead atoms. The Morgan fingerprint density at radius 2 is 2.19 bits per heavy atom. The second-order valence-corrected chi connectivity index (χ2v) is 7.24. The molecule has 0 unspecified atom stereocenters. The predicted octanol–water partition coefficient (Wildman–Crippen LogP) is 2.91. The van der Waals surface area contributed by atoms with E-state index in [9.17, 15) is 9.90 Å². The van der Waals surface area contributed by atoms with E-state index >= 15 is 0 Å². The van der Waals surface area contributed by atoms with Crippen LogP contribution in [0.4, 0.5) is 0 Å². The number of aromatic nitrogens is 1. The van der Waals surface area contributed by atoms with Crippen LogP contribution in [-0.2, 0) is 12.8 Å². The van der Waals surface area contributed by atoms with E-state index in [0.29, 0.717) is 5.56 Å². The van der Waals surface area contributed by atoms with Crippen LogP contribution in [0.1, 0.15) is 41.9 Å². The molecule has 0 spiro atoms. The van der Waals surface area contributed by atoms with E-state index in [-0.39, 0.29) is 5.92 Å². The Morgan fingerprint density at radius 3 is 2.81 bits per heavy atom. The standard InChI is InChI=1S/C16H19BrN2O2/c1-16(2,21)8-3-4-9-12(7-8)19-14-10(15(18)20)5-6-11(17)13(9)14/h5-6,8,19,21H,3-4,7H2,1-2H3,(H2,18,20)/t8-/m1/s1. The van der Waals surface area contributed by atoms with Gasteiger partial charge >= 0.3 is 0 Å². The van der Waals surface area contributed by atoms with E-state index in [4.69, 9.17) is 5.73 Å². The number of rotatable bonds is 2. The minimum Gasteiger partial charge on any atom is -0.390 e. The van der Waals surface area contributed by atoms with Crippen LogP contribution in [0.3, 0.4) is 0 Å². The minimum absolute atomic E-state index is 0.217. The Hall–Kier alpha value is -1.33. The molecule has 1 aromatic carbocycles. The van der Waals surface area contributed by atoms with Crippen molar-refractivity contribution in [3.05, 3.63) is 33.4 Å². The number of H-pyrrole nitrogens is 1. The number of primary amides is 1. The molecule has 112 valence electrons. The number of benzene rings is 1. The Morgan fingerprint density at radius 1 is 1.48 bits per heavy atom. The van der Waals surface area contributed by atoms with Crippen molar-refractivity contribution in [2.24, 2.45) is 11.7 Å². The summed E-state index contributed by atoms with van der Waals surface area (Å²) < 4.78 is 0.974. The first-order valence-electron chi connectivity index (χ1n) is 7.13. The molecule has 5 heteroatoms. The van der Waals surface area contributed by atoms with Crippen LogP contribution >= 0.6 is 15.9 Å². The number of nitrogens with one attached hydrogen (secondary N) is 1. The van der Waals surface area contributed by atoms with Crippen LogP contribution in [0.15, 0.2) is 16.6 Å². The first kappa shape index (κ1) is 14.6. The minimum atomic E-state index is -0.696. The number of nitrogens with two attached hydrogens (primary N) is 1. The lowest BCUT2D eigenvalue weighted by Gasteiger charge is -2.32. The van der Waals surface area contributed by atoms with Crippen LogP contribution in [0.5, 0.6) is 0 Å². The molecule has 1 aliphatic rings. The van der Waals surface area contributed by atoms with Gasteiger partial charge in [0.15, 0.2) is 0 Å². The maximum atomic E-state index is 11.6. The summed E-state index contributed by atoms with van der Waals surface area (Å²) in [7, 11) is 0. The lowest BCUT2D eigenvalue weighted by molar-refractivity contribution is 0.0107. The molecule has 2 aromatic rings. The van der Waals surface area contributed by atoms with Crippen molar-refractivity contribution in [1.29, 1.82) is 0 Å². The molecule has 1 amide bonds. The largest absolute Gasteiger partial charge is 0.390 e. The van der Waals surface area contributed by atoms with E-state index in [0.717, 1.165) is 40.3 Å². The van der Waals surface area contributed by atoms with Gasteiger partial charge in [-0.05, 0) is 56.7 Å². The number of carbonyl (C=O) groups is 1. The monoisotopic (exact) mass is 350 g/mol. The number of fused-ring (bicyclic) bond motifs is 3. The maximum Gasteiger partial charge on any atom is 0.250 e. The summed E-state index contributed by atoms with van der Waals surface area (Å²) in [4.78, 5) is 15.0. The highest BCUT2D eigenvalue weighted by molar-refractivity contribution is 9.10. The molecule has 3 rings (SSSR count). The molecular formula is C16H19BrN2O2. The van der Waals surface area contributed by atoms with Gasteiger partial charge in [-0.15, -0.1) is 0 Å². The molecule has 1 aliphatic carbocycles. The van der Waals surface area contributed by atoms with Crippen LogP contribution in [-0.4, -0.2) is 21.6 Å². The van der Waals surface area contributed by atoms with Gasteiger partial charge in [-0.25, -0.2) is 0 Å². The fourth-order valence-corrected chi connectivity index (χ4v) is 3.87. The zero-order valence-electron chi connectivity index (χ0n) is 12.2. The number of hydrogen-bond donors (Lipinski definition) is 3. The van der Waals surface area contributed by atoms with Crippen LogP contribution in [0.25, 0.3) is 10.9 Å². The summed E-state index contributed by atoms with van der Waals surface area (Å²) in [6, 6.07) is 3.61. The fourth-order valence-electron chi connectivity index (χ4n) is 3.30. The number of halogens is 1. The first-order valence-corrected chi connectivity index (χ1v) is 7.92. The van der Waals surface area contributed by atoms with Gasteiger partial charge < -0.3 is 15.8 Å². The van der Waals surface area contributed by atoms with Gasteiger partial charge in [-0.2, -0.15) is 0 Å². The number of carbonyl (C=O) groups excluding carboxylic acids is 1. The number of aromatic amines is 1. The van der Waals surface area contributed by atoms with Crippen molar-refractivity contribution >= 4 is 32.7 Å². The fraction of sp³-hybridized carbons (Fsp3) is 0.438. The molecule has 4 nitrogen and oxygen atoms in total. The highest BCUT2D eigenvalue weighted by Crippen LogP contribution is 2.39. The van der Waals surface area contributed by atoms with Crippen LogP contribution < -0.4 is 5.73 Å². The third-order valence-electron chi connectivity index (χ3n) is 4.55. The summed E-state index contributed by atoms with van der Waals surface area (Å²) in [5.41, 5.74) is 8.44.